The van der Waals surface area contributed by atoms with Crippen LogP contribution in [0.3, 0.4) is 0 Å². The summed E-state index contributed by atoms with van der Waals surface area (Å²) in [6.07, 6.45) is 0.521. The Morgan fingerprint density at radius 1 is 1.23 bits per heavy atom. The van der Waals surface area contributed by atoms with E-state index in [1.165, 1.54) is 19.1 Å². The van der Waals surface area contributed by atoms with Gasteiger partial charge in [-0.15, -0.1) is 0 Å². The fourth-order valence-corrected chi connectivity index (χ4v) is 3.32. The molecular formula is C14H20N2O5S. The van der Waals surface area contributed by atoms with E-state index in [1.54, 1.807) is 19.1 Å². The van der Waals surface area contributed by atoms with Gasteiger partial charge in [-0.3, -0.25) is 9.59 Å². The first-order valence-corrected chi connectivity index (χ1v) is 8.26. The molecule has 122 valence electrons. The largest absolute Gasteiger partial charge is 0.480 e. The van der Waals surface area contributed by atoms with Crippen LogP contribution in [-0.2, 0) is 26.2 Å². The lowest BCUT2D eigenvalue weighted by Gasteiger charge is -2.19. The number of hydrogen-bond donors (Lipinski definition) is 2. The minimum Gasteiger partial charge on any atom is -0.480 e. The summed E-state index contributed by atoms with van der Waals surface area (Å²) in [5.41, 5.74) is 0.759. The summed E-state index contributed by atoms with van der Waals surface area (Å²) >= 11 is 0. The third kappa shape index (κ3) is 5.12. The highest BCUT2D eigenvalue weighted by molar-refractivity contribution is 7.89. The van der Waals surface area contributed by atoms with Gasteiger partial charge in [0, 0.05) is 20.0 Å². The summed E-state index contributed by atoms with van der Waals surface area (Å²) in [5.74, 6) is -1.37. The standard InChI is InChI=1S/C14H20N2O5S/c1-3-8-16(10-14(18)19)22(20,21)13-6-4-12(5-7-13)9-15-11(2)17/h4-7H,3,8-10H2,1-2H3,(H,15,17)(H,18,19). The second kappa shape index (κ2) is 7.90. The van der Waals surface area contributed by atoms with E-state index >= 15 is 0 Å². The van der Waals surface area contributed by atoms with E-state index in [9.17, 15) is 18.0 Å². The van der Waals surface area contributed by atoms with Crippen LogP contribution in [0.5, 0.6) is 0 Å². The lowest BCUT2D eigenvalue weighted by Crippen LogP contribution is -2.36. The number of rotatable bonds is 8. The molecule has 0 fully saturated rings. The van der Waals surface area contributed by atoms with Crippen LogP contribution in [0.25, 0.3) is 0 Å². The zero-order valence-corrected chi connectivity index (χ0v) is 13.4. The number of nitrogens with zero attached hydrogens (tertiary/aromatic N) is 1. The molecule has 0 aliphatic heterocycles. The Morgan fingerprint density at radius 3 is 2.27 bits per heavy atom. The van der Waals surface area contributed by atoms with Gasteiger partial charge in [-0.1, -0.05) is 19.1 Å². The molecule has 1 rings (SSSR count). The molecule has 0 aliphatic rings. The predicted molar refractivity (Wildman–Crippen MR) is 80.6 cm³/mol. The average molecular weight is 328 g/mol. The van der Waals surface area contributed by atoms with Crippen LogP contribution >= 0.6 is 0 Å². The van der Waals surface area contributed by atoms with E-state index < -0.39 is 22.5 Å². The summed E-state index contributed by atoms with van der Waals surface area (Å²) in [6.45, 7) is 3.06. The quantitative estimate of drug-likeness (QED) is 0.735. The van der Waals surface area contributed by atoms with Gasteiger partial charge in [0.2, 0.25) is 15.9 Å². The van der Waals surface area contributed by atoms with Gasteiger partial charge in [0.1, 0.15) is 6.54 Å². The molecule has 0 spiro atoms. The molecule has 0 saturated carbocycles. The second-order valence-electron chi connectivity index (χ2n) is 4.79. The van der Waals surface area contributed by atoms with Crippen molar-refractivity contribution in [2.75, 3.05) is 13.1 Å². The number of hydrogen-bond acceptors (Lipinski definition) is 4. The van der Waals surface area contributed by atoms with Gasteiger partial charge in [0.05, 0.1) is 4.90 Å². The fraction of sp³-hybridized carbons (Fsp3) is 0.429. The average Bonchev–Trinajstić information content (AvgIpc) is 2.44. The van der Waals surface area contributed by atoms with Crippen LogP contribution in [-0.4, -0.2) is 42.8 Å². The first-order valence-electron chi connectivity index (χ1n) is 6.82. The van der Waals surface area contributed by atoms with Crippen LogP contribution in [0.15, 0.2) is 29.2 Å². The molecule has 22 heavy (non-hydrogen) atoms. The third-order valence-electron chi connectivity index (χ3n) is 2.89. The highest BCUT2D eigenvalue weighted by Gasteiger charge is 2.25. The van der Waals surface area contributed by atoms with Crippen molar-refractivity contribution in [3.8, 4) is 0 Å². The smallest absolute Gasteiger partial charge is 0.318 e. The Kier molecular flexibility index (Phi) is 6.51. The molecule has 0 heterocycles. The normalized spacial score (nSPS) is 11.4. The molecule has 8 heteroatoms. The summed E-state index contributed by atoms with van der Waals surface area (Å²) in [4.78, 5) is 21.7. The number of aliphatic carboxylic acids is 1. The van der Waals surface area contributed by atoms with Crippen LogP contribution in [0.2, 0.25) is 0 Å². The Balaban J connectivity index is 2.95. The van der Waals surface area contributed by atoms with Gasteiger partial charge in [0.25, 0.3) is 0 Å². The van der Waals surface area contributed by atoms with Crippen molar-refractivity contribution in [1.29, 1.82) is 0 Å². The maximum absolute atomic E-state index is 12.4. The molecule has 0 unspecified atom stereocenters. The first kappa shape index (κ1) is 18.1. The Labute approximate surface area is 130 Å². The Morgan fingerprint density at radius 2 is 1.82 bits per heavy atom. The third-order valence-corrected chi connectivity index (χ3v) is 4.75. The van der Waals surface area contributed by atoms with Crippen molar-refractivity contribution in [1.82, 2.24) is 9.62 Å². The van der Waals surface area contributed by atoms with E-state index in [1.807, 2.05) is 0 Å². The van der Waals surface area contributed by atoms with E-state index in [-0.39, 0.29) is 17.3 Å². The van der Waals surface area contributed by atoms with E-state index in [4.69, 9.17) is 5.11 Å². The van der Waals surface area contributed by atoms with Crippen molar-refractivity contribution in [2.45, 2.75) is 31.7 Å². The lowest BCUT2D eigenvalue weighted by atomic mass is 10.2. The Hall–Kier alpha value is -1.93. The SMILES string of the molecule is CCCN(CC(=O)O)S(=O)(=O)c1ccc(CNC(C)=O)cc1. The molecule has 0 aliphatic carbocycles. The number of carbonyl (C=O) groups is 2. The number of carbonyl (C=O) groups excluding carboxylic acids is 1. The molecular weight excluding hydrogens is 308 g/mol. The zero-order valence-electron chi connectivity index (χ0n) is 12.6. The van der Waals surface area contributed by atoms with Crippen molar-refractivity contribution in [3.05, 3.63) is 29.8 Å². The van der Waals surface area contributed by atoms with Crippen molar-refractivity contribution in [3.63, 3.8) is 0 Å². The summed E-state index contributed by atoms with van der Waals surface area (Å²) in [7, 11) is -3.84. The number of sulfonamides is 1. The lowest BCUT2D eigenvalue weighted by molar-refractivity contribution is -0.137. The van der Waals surface area contributed by atoms with Gasteiger partial charge in [-0.2, -0.15) is 4.31 Å². The topological polar surface area (TPSA) is 104 Å². The maximum atomic E-state index is 12.4. The van der Waals surface area contributed by atoms with Gasteiger partial charge < -0.3 is 10.4 Å². The van der Waals surface area contributed by atoms with E-state index in [2.05, 4.69) is 5.32 Å². The molecule has 7 nitrogen and oxygen atoms in total. The van der Waals surface area contributed by atoms with Crippen molar-refractivity contribution < 1.29 is 23.1 Å². The van der Waals surface area contributed by atoms with Crippen molar-refractivity contribution in [2.24, 2.45) is 0 Å². The number of carboxylic acids is 1. The molecule has 0 atom stereocenters. The summed E-state index contributed by atoms with van der Waals surface area (Å²) in [5, 5.41) is 11.5. The van der Waals surface area contributed by atoms with Gasteiger partial charge in [-0.25, -0.2) is 8.42 Å². The minimum absolute atomic E-state index is 0.0359. The van der Waals surface area contributed by atoms with Crippen LogP contribution in [0.1, 0.15) is 25.8 Å². The van der Waals surface area contributed by atoms with E-state index in [0.717, 1.165) is 9.87 Å². The van der Waals surface area contributed by atoms with Crippen LogP contribution in [0, 0.1) is 0 Å². The maximum Gasteiger partial charge on any atom is 0.318 e. The number of benzene rings is 1. The van der Waals surface area contributed by atoms with Crippen LogP contribution < -0.4 is 5.32 Å². The number of amides is 1. The van der Waals surface area contributed by atoms with Crippen molar-refractivity contribution >= 4 is 21.9 Å². The predicted octanol–water partition coefficient (Wildman–Crippen LogP) is 0.808. The molecule has 1 aromatic rings. The fourth-order valence-electron chi connectivity index (χ4n) is 1.84. The number of carboxylic acid groups (broad SMARTS) is 1. The molecule has 0 saturated heterocycles. The van der Waals surface area contributed by atoms with Gasteiger partial charge >= 0.3 is 5.97 Å². The molecule has 1 amide bonds. The second-order valence-corrected chi connectivity index (χ2v) is 6.72. The molecule has 2 N–H and O–H groups in total. The van der Waals surface area contributed by atoms with Crippen LogP contribution in [0.4, 0.5) is 0 Å². The molecule has 0 bridgehead atoms. The highest BCUT2D eigenvalue weighted by Crippen LogP contribution is 2.17. The first-order chi connectivity index (χ1) is 10.3. The summed E-state index contributed by atoms with van der Waals surface area (Å²) in [6, 6.07) is 6.01. The molecule has 0 radical (unpaired) electrons. The minimum atomic E-state index is -3.84. The molecule has 1 aromatic carbocycles. The van der Waals surface area contributed by atoms with Gasteiger partial charge in [-0.05, 0) is 24.1 Å². The Bertz CT molecular complexity index is 625. The van der Waals surface area contributed by atoms with E-state index in [0.29, 0.717) is 13.0 Å². The highest BCUT2D eigenvalue weighted by atomic mass is 32.2. The zero-order chi connectivity index (χ0) is 16.8. The number of nitrogens with one attached hydrogen (secondary N) is 1. The molecule has 0 aromatic heterocycles. The van der Waals surface area contributed by atoms with Gasteiger partial charge in [0.15, 0.2) is 0 Å². The summed E-state index contributed by atoms with van der Waals surface area (Å²) < 4.78 is 25.8. The monoisotopic (exact) mass is 328 g/mol.